The molecule has 0 spiro atoms. The summed E-state index contributed by atoms with van der Waals surface area (Å²) in [5.41, 5.74) is 1.03. The van der Waals surface area contributed by atoms with Gasteiger partial charge in [-0.3, -0.25) is 4.79 Å². The SMILES string of the molecule is O=C(Cc1cccc2ccccc12)NCC(O)C1CCCCC1. The molecule has 2 N–H and O–H groups in total. The van der Waals surface area contributed by atoms with Crippen LogP contribution in [0.2, 0.25) is 0 Å². The number of carbonyl (C=O) groups is 1. The fourth-order valence-electron chi connectivity index (χ4n) is 3.59. The van der Waals surface area contributed by atoms with E-state index >= 15 is 0 Å². The van der Waals surface area contributed by atoms with Crippen molar-refractivity contribution < 1.29 is 9.90 Å². The number of aliphatic hydroxyl groups excluding tert-OH is 1. The molecule has 1 amide bonds. The molecular formula is C20H25NO2. The third-order valence-electron chi connectivity index (χ3n) is 4.93. The maximum absolute atomic E-state index is 12.2. The summed E-state index contributed by atoms with van der Waals surface area (Å²) in [6, 6.07) is 14.2. The van der Waals surface area contributed by atoms with Crippen LogP contribution >= 0.6 is 0 Å². The molecule has 1 fully saturated rings. The average molecular weight is 311 g/mol. The van der Waals surface area contributed by atoms with Gasteiger partial charge in [0, 0.05) is 6.54 Å². The maximum atomic E-state index is 12.2. The Labute approximate surface area is 137 Å². The van der Waals surface area contributed by atoms with Gasteiger partial charge in [0.1, 0.15) is 0 Å². The smallest absolute Gasteiger partial charge is 0.224 e. The first kappa shape index (κ1) is 16.0. The second-order valence-corrected chi connectivity index (χ2v) is 6.58. The van der Waals surface area contributed by atoms with Gasteiger partial charge in [0.2, 0.25) is 5.91 Å². The molecule has 3 nitrogen and oxygen atoms in total. The van der Waals surface area contributed by atoms with Gasteiger partial charge < -0.3 is 10.4 Å². The Morgan fingerprint density at radius 3 is 2.65 bits per heavy atom. The topological polar surface area (TPSA) is 49.3 Å². The van der Waals surface area contributed by atoms with Crippen LogP contribution in [0.4, 0.5) is 0 Å². The van der Waals surface area contributed by atoms with Crippen LogP contribution in [-0.4, -0.2) is 23.7 Å². The average Bonchev–Trinajstić information content (AvgIpc) is 2.61. The van der Waals surface area contributed by atoms with Gasteiger partial charge in [-0.1, -0.05) is 61.7 Å². The Bertz CT molecular complexity index is 656. The molecule has 23 heavy (non-hydrogen) atoms. The largest absolute Gasteiger partial charge is 0.391 e. The lowest BCUT2D eigenvalue weighted by Gasteiger charge is -2.26. The second kappa shape index (κ2) is 7.60. The molecule has 3 rings (SSSR count). The summed E-state index contributed by atoms with van der Waals surface area (Å²) in [6.45, 7) is 0.369. The molecule has 0 bridgehead atoms. The molecule has 0 radical (unpaired) electrons. The first-order valence-corrected chi connectivity index (χ1v) is 8.65. The van der Waals surface area contributed by atoms with Crippen molar-refractivity contribution in [3.05, 3.63) is 48.0 Å². The van der Waals surface area contributed by atoms with E-state index in [0.717, 1.165) is 29.2 Å². The first-order valence-electron chi connectivity index (χ1n) is 8.65. The number of nitrogens with one attached hydrogen (secondary N) is 1. The zero-order chi connectivity index (χ0) is 16.1. The molecule has 2 aromatic rings. The lowest BCUT2D eigenvalue weighted by Crippen LogP contribution is -2.37. The summed E-state index contributed by atoms with van der Waals surface area (Å²) in [5, 5.41) is 15.4. The molecule has 1 saturated carbocycles. The highest BCUT2D eigenvalue weighted by atomic mass is 16.3. The van der Waals surface area contributed by atoms with Gasteiger partial charge in [-0.15, -0.1) is 0 Å². The predicted octanol–water partition coefficient (Wildman–Crippen LogP) is 3.44. The third kappa shape index (κ3) is 4.11. The van der Waals surface area contributed by atoms with Crippen LogP contribution in [0.3, 0.4) is 0 Å². The quantitative estimate of drug-likeness (QED) is 0.888. The zero-order valence-electron chi connectivity index (χ0n) is 13.5. The van der Waals surface area contributed by atoms with Gasteiger partial charge in [0.05, 0.1) is 12.5 Å². The van der Waals surface area contributed by atoms with E-state index in [0.29, 0.717) is 18.9 Å². The van der Waals surface area contributed by atoms with E-state index in [4.69, 9.17) is 0 Å². The van der Waals surface area contributed by atoms with E-state index in [2.05, 4.69) is 23.5 Å². The van der Waals surface area contributed by atoms with E-state index in [-0.39, 0.29) is 5.91 Å². The molecule has 1 unspecified atom stereocenters. The summed E-state index contributed by atoms with van der Waals surface area (Å²) in [5.74, 6) is 0.331. The van der Waals surface area contributed by atoms with Crippen molar-refractivity contribution in [1.82, 2.24) is 5.32 Å². The summed E-state index contributed by atoms with van der Waals surface area (Å²) in [4.78, 5) is 12.2. The van der Waals surface area contributed by atoms with Crippen molar-refractivity contribution in [2.24, 2.45) is 5.92 Å². The van der Waals surface area contributed by atoms with Gasteiger partial charge in [0.15, 0.2) is 0 Å². The number of hydrogen-bond acceptors (Lipinski definition) is 2. The summed E-state index contributed by atoms with van der Waals surface area (Å²) in [6.07, 6.45) is 5.79. The predicted molar refractivity (Wildman–Crippen MR) is 93.2 cm³/mol. The van der Waals surface area contributed by atoms with Gasteiger partial charge in [-0.2, -0.15) is 0 Å². The monoisotopic (exact) mass is 311 g/mol. The number of amides is 1. The number of carbonyl (C=O) groups excluding carboxylic acids is 1. The van der Waals surface area contributed by atoms with Crippen molar-refractivity contribution in [1.29, 1.82) is 0 Å². The van der Waals surface area contributed by atoms with Gasteiger partial charge in [-0.05, 0) is 35.1 Å². The van der Waals surface area contributed by atoms with Crippen molar-refractivity contribution in [2.45, 2.75) is 44.6 Å². The lowest BCUT2D eigenvalue weighted by molar-refractivity contribution is -0.121. The van der Waals surface area contributed by atoms with Crippen LogP contribution in [0.15, 0.2) is 42.5 Å². The fraction of sp³-hybridized carbons (Fsp3) is 0.450. The van der Waals surface area contributed by atoms with Crippen LogP contribution in [-0.2, 0) is 11.2 Å². The highest BCUT2D eigenvalue weighted by molar-refractivity contribution is 5.90. The van der Waals surface area contributed by atoms with E-state index in [9.17, 15) is 9.90 Å². The van der Waals surface area contributed by atoms with E-state index < -0.39 is 6.10 Å². The zero-order valence-corrected chi connectivity index (χ0v) is 13.5. The molecule has 122 valence electrons. The minimum atomic E-state index is -0.410. The Morgan fingerprint density at radius 1 is 1.09 bits per heavy atom. The summed E-state index contributed by atoms with van der Waals surface area (Å²) in [7, 11) is 0. The first-order chi connectivity index (χ1) is 11.2. The second-order valence-electron chi connectivity index (χ2n) is 6.58. The van der Waals surface area contributed by atoms with Gasteiger partial charge in [0.25, 0.3) is 0 Å². The van der Waals surface area contributed by atoms with Crippen molar-refractivity contribution in [3.63, 3.8) is 0 Å². The van der Waals surface area contributed by atoms with E-state index in [1.54, 1.807) is 0 Å². The number of rotatable bonds is 5. The van der Waals surface area contributed by atoms with Crippen LogP contribution in [0.1, 0.15) is 37.7 Å². The molecule has 0 aliphatic heterocycles. The molecule has 2 aromatic carbocycles. The fourth-order valence-corrected chi connectivity index (χ4v) is 3.59. The Morgan fingerprint density at radius 2 is 1.83 bits per heavy atom. The van der Waals surface area contributed by atoms with Crippen LogP contribution < -0.4 is 5.32 Å². The van der Waals surface area contributed by atoms with Gasteiger partial charge in [-0.25, -0.2) is 0 Å². The Hall–Kier alpha value is -1.87. The highest BCUT2D eigenvalue weighted by Gasteiger charge is 2.22. The molecule has 3 heteroatoms. The van der Waals surface area contributed by atoms with Crippen LogP contribution in [0.5, 0.6) is 0 Å². The number of benzene rings is 2. The van der Waals surface area contributed by atoms with Gasteiger partial charge >= 0.3 is 0 Å². The number of fused-ring (bicyclic) bond motifs is 1. The Kier molecular flexibility index (Phi) is 5.29. The number of hydrogen-bond donors (Lipinski definition) is 2. The molecule has 0 saturated heterocycles. The lowest BCUT2D eigenvalue weighted by atomic mass is 9.85. The molecule has 0 aromatic heterocycles. The van der Waals surface area contributed by atoms with E-state index in [1.807, 2.05) is 24.3 Å². The third-order valence-corrected chi connectivity index (χ3v) is 4.93. The maximum Gasteiger partial charge on any atom is 0.224 e. The molecule has 1 aliphatic rings. The van der Waals surface area contributed by atoms with Crippen LogP contribution in [0.25, 0.3) is 10.8 Å². The van der Waals surface area contributed by atoms with Crippen molar-refractivity contribution in [2.75, 3.05) is 6.54 Å². The number of aliphatic hydroxyl groups is 1. The summed E-state index contributed by atoms with van der Waals surface area (Å²) >= 11 is 0. The van der Waals surface area contributed by atoms with E-state index in [1.165, 1.54) is 19.3 Å². The minimum absolute atomic E-state index is 0.0174. The van der Waals surface area contributed by atoms with Crippen molar-refractivity contribution in [3.8, 4) is 0 Å². The molecule has 1 atom stereocenters. The molecule has 0 heterocycles. The molecule has 1 aliphatic carbocycles. The standard InChI is InChI=1S/C20H25NO2/c22-19(16-8-2-1-3-9-16)14-21-20(23)13-17-11-6-10-15-7-4-5-12-18(15)17/h4-7,10-12,16,19,22H,1-3,8-9,13-14H2,(H,21,23). The van der Waals surface area contributed by atoms with Crippen LogP contribution in [0, 0.1) is 5.92 Å². The highest BCUT2D eigenvalue weighted by Crippen LogP contribution is 2.26. The Balaban J connectivity index is 1.56. The minimum Gasteiger partial charge on any atom is -0.391 e. The van der Waals surface area contributed by atoms with Crippen molar-refractivity contribution >= 4 is 16.7 Å². The molecular weight excluding hydrogens is 286 g/mol. The normalized spacial score (nSPS) is 17.1. The summed E-state index contributed by atoms with van der Waals surface area (Å²) < 4.78 is 0.